The van der Waals surface area contributed by atoms with Crippen LogP contribution in [0.3, 0.4) is 0 Å². The minimum Gasteiger partial charge on any atom is -0.363 e. The van der Waals surface area contributed by atoms with E-state index in [4.69, 9.17) is 11.6 Å². The lowest BCUT2D eigenvalue weighted by molar-refractivity contribution is 0.509. The number of fused-ring (bicyclic) bond motifs is 3. The van der Waals surface area contributed by atoms with Gasteiger partial charge in [0.25, 0.3) is 0 Å². The second kappa shape index (κ2) is 6.34. The first-order valence-electron chi connectivity index (χ1n) is 8.41. The quantitative estimate of drug-likeness (QED) is 0.616. The largest absolute Gasteiger partial charge is 0.363 e. The molecule has 0 bridgehead atoms. The molecule has 1 aromatic carbocycles. The Bertz CT molecular complexity index is 875. The normalized spacial score (nSPS) is 18.4. The summed E-state index contributed by atoms with van der Waals surface area (Å²) in [7, 11) is 0. The number of rotatable bonds is 3. The van der Waals surface area contributed by atoms with Crippen LogP contribution in [0.1, 0.15) is 42.3 Å². The van der Waals surface area contributed by atoms with Gasteiger partial charge in [-0.3, -0.25) is 0 Å². The van der Waals surface area contributed by atoms with Crippen molar-refractivity contribution in [2.75, 3.05) is 5.32 Å². The van der Waals surface area contributed by atoms with Crippen LogP contribution in [0.4, 0.5) is 5.82 Å². The fourth-order valence-electron chi connectivity index (χ4n) is 3.45. The molecule has 0 saturated carbocycles. The van der Waals surface area contributed by atoms with Crippen LogP contribution in [0.15, 0.2) is 30.3 Å². The molecule has 0 radical (unpaired) electrons. The Balaban J connectivity index is 1.77. The summed E-state index contributed by atoms with van der Waals surface area (Å²) in [5, 5.41) is 5.05. The van der Waals surface area contributed by atoms with E-state index in [2.05, 4.69) is 53.4 Å². The molecular formula is C19H20ClN3S. The Morgan fingerprint density at radius 1 is 1.25 bits per heavy atom. The molecule has 0 amide bonds. The molecule has 0 fully saturated rings. The molecule has 0 saturated heterocycles. The van der Waals surface area contributed by atoms with Crippen molar-refractivity contribution in [1.29, 1.82) is 0 Å². The van der Waals surface area contributed by atoms with Crippen molar-refractivity contribution in [1.82, 2.24) is 9.97 Å². The van der Waals surface area contributed by atoms with Gasteiger partial charge < -0.3 is 5.32 Å². The summed E-state index contributed by atoms with van der Waals surface area (Å²) in [5.74, 6) is 1.61. The van der Waals surface area contributed by atoms with E-state index in [1.807, 2.05) is 6.07 Å². The summed E-state index contributed by atoms with van der Waals surface area (Å²) >= 11 is 7.97. The average Bonchev–Trinajstić information content (AvgIpc) is 2.92. The monoisotopic (exact) mass is 357 g/mol. The minimum atomic E-state index is 0.165. The molecule has 2 atom stereocenters. The van der Waals surface area contributed by atoms with Gasteiger partial charge in [0.2, 0.25) is 5.28 Å². The highest BCUT2D eigenvalue weighted by atomic mass is 35.5. The molecular weight excluding hydrogens is 338 g/mol. The highest BCUT2D eigenvalue weighted by molar-refractivity contribution is 7.19. The van der Waals surface area contributed by atoms with Crippen molar-refractivity contribution in [2.24, 2.45) is 5.92 Å². The Labute approximate surface area is 151 Å². The smallest absolute Gasteiger partial charge is 0.225 e. The zero-order valence-corrected chi connectivity index (χ0v) is 15.4. The van der Waals surface area contributed by atoms with Crippen LogP contribution >= 0.6 is 22.9 Å². The molecule has 5 heteroatoms. The maximum Gasteiger partial charge on any atom is 0.225 e. The number of hydrogen-bond donors (Lipinski definition) is 1. The van der Waals surface area contributed by atoms with Gasteiger partial charge in [-0.1, -0.05) is 37.3 Å². The number of aromatic nitrogens is 2. The summed E-state index contributed by atoms with van der Waals surface area (Å²) in [6.45, 7) is 4.47. The second-order valence-electron chi connectivity index (χ2n) is 6.65. The Morgan fingerprint density at radius 2 is 2.04 bits per heavy atom. The zero-order chi connectivity index (χ0) is 16.7. The number of nitrogens with zero attached hydrogens (tertiary/aromatic N) is 2. The molecule has 2 heterocycles. The molecule has 3 nitrogen and oxygen atoms in total. The Hall–Kier alpha value is -1.65. The number of nitrogens with one attached hydrogen (secondary N) is 1. The third-order valence-electron chi connectivity index (χ3n) is 4.78. The average molecular weight is 358 g/mol. The van der Waals surface area contributed by atoms with E-state index in [1.165, 1.54) is 27.8 Å². The number of hydrogen-bond acceptors (Lipinski definition) is 4. The number of thiophene rings is 1. The van der Waals surface area contributed by atoms with Gasteiger partial charge in [0, 0.05) is 10.9 Å². The highest BCUT2D eigenvalue weighted by Crippen LogP contribution is 2.41. The van der Waals surface area contributed by atoms with Crippen LogP contribution in [0.2, 0.25) is 5.28 Å². The standard InChI is InChI=1S/C19H20ClN3S/c1-11-8-9-14-15(10-11)24-18-16(14)17(22-19(20)23-18)21-12(2)13-6-4-3-5-7-13/h3-7,11-12H,8-10H2,1-2H3,(H,21,22,23). The van der Waals surface area contributed by atoms with Crippen molar-refractivity contribution < 1.29 is 0 Å². The van der Waals surface area contributed by atoms with E-state index in [1.54, 1.807) is 11.3 Å². The third-order valence-corrected chi connectivity index (χ3v) is 6.10. The van der Waals surface area contributed by atoms with Gasteiger partial charge in [-0.25, -0.2) is 9.97 Å². The Morgan fingerprint density at radius 3 is 2.83 bits per heavy atom. The van der Waals surface area contributed by atoms with E-state index in [9.17, 15) is 0 Å². The first-order chi connectivity index (χ1) is 11.6. The molecule has 124 valence electrons. The van der Waals surface area contributed by atoms with E-state index >= 15 is 0 Å². The number of halogens is 1. The SMILES string of the molecule is CC1CCc2c(sc3nc(Cl)nc(NC(C)c4ccccc4)c23)C1. The van der Waals surface area contributed by atoms with Crippen molar-refractivity contribution >= 4 is 39.0 Å². The van der Waals surface area contributed by atoms with Gasteiger partial charge in [-0.15, -0.1) is 11.3 Å². The summed E-state index contributed by atoms with van der Waals surface area (Å²) in [4.78, 5) is 11.5. The summed E-state index contributed by atoms with van der Waals surface area (Å²) in [6.07, 6.45) is 3.48. The van der Waals surface area contributed by atoms with Crippen LogP contribution in [-0.4, -0.2) is 9.97 Å². The summed E-state index contributed by atoms with van der Waals surface area (Å²) in [6, 6.07) is 10.6. The zero-order valence-electron chi connectivity index (χ0n) is 13.8. The van der Waals surface area contributed by atoms with Gasteiger partial charge in [0.05, 0.1) is 5.39 Å². The van der Waals surface area contributed by atoms with Crippen LogP contribution in [-0.2, 0) is 12.8 Å². The molecule has 2 aromatic heterocycles. The lowest BCUT2D eigenvalue weighted by Gasteiger charge is -2.19. The lowest BCUT2D eigenvalue weighted by atomic mass is 9.89. The van der Waals surface area contributed by atoms with E-state index in [0.717, 1.165) is 29.4 Å². The molecule has 4 rings (SSSR count). The van der Waals surface area contributed by atoms with Gasteiger partial charge in [0.1, 0.15) is 10.6 Å². The fraction of sp³-hybridized carbons (Fsp3) is 0.368. The molecule has 0 aliphatic heterocycles. The van der Waals surface area contributed by atoms with Crippen LogP contribution < -0.4 is 5.32 Å². The molecule has 1 N–H and O–H groups in total. The van der Waals surface area contributed by atoms with Gasteiger partial charge in [-0.05, 0) is 54.8 Å². The first-order valence-corrected chi connectivity index (χ1v) is 9.60. The van der Waals surface area contributed by atoms with Crippen molar-refractivity contribution in [3.63, 3.8) is 0 Å². The molecule has 1 aliphatic rings. The second-order valence-corrected chi connectivity index (χ2v) is 8.07. The van der Waals surface area contributed by atoms with E-state index < -0.39 is 0 Å². The molecule has 2 unspecified atom stereocenters. The maximum atomic E-state index is 6.19. The first kappa shape index (κ1) is 15.9. The topological polar surface area (TPSA) is 37.8 Å². The fourth-order valence-corrected chi connectivity index (χ4v) is 5.05. The highest BCUT2D eigenvalue weighted by Gasteiger charge is 2.24. The van der Waals surface area contributed by atoms with E-state index in [0.29, 0.717) is 5.28 Å². The molecule has 24 heavy (non-hydrogen) atoms. The predicted molar refractivity (Wildman–Crippen MR) is 102 cm³/mol. The van der Waals surface area contributed by atoms with Crippen molar-refractivity contribution in [3.05, 3.63) is 51.6 Å². The third kappa shape index (κ3) is 2.89. The summed E-state index contributed by atoms with van der Waals surface area (Å²) < 4.78 is 0. The van der Waals surface area contributed by atoms with Crippen molar-refractivity contribution in [3.8, 4) is 0 Å². The lowest BCUT2D eigenvalue weighted by Crippen LogP contribution is -2.11. The Kier molecular flexibility index (Phi) is 4.19. The molecule has 0 spiro atoms. The summed E-state index contributed by atoms with van der Waals surface area (Å²) in [5.41, 5.74) is 2.66. The maximum absolute atomic E-state index is 6.19. The number of benzene rings is 1. The van der Waals surface area contributed by atoms with E-state index in [-0.39, 0.29) is 6.04 Å². The van der Waals surface area contributed by atoms with Gasteiger partial charge in [-0.2, -0.15) is 0 Å². The number of anilines is 1. The van der Waals surface area contributed by atoms with Crippen LogP contribution in [0.5, 0.6) is 0 Å². The molecule has 1 aliphatic carbocycles. The van der Waals surface area contributed by atoms with Gasteiger partial charge >= 0.3 is 0 Å². The van der Waals surface area contributed by atoms with Gasteiger partial charge in [0.15, 0.2) is 0 Å². The predicted octanol–water partition coefficient (Wildman–Crippen LogP) is 5.64. The van der Waals surface area contributed by atoms with Crippen LogP contribution in [0.25, 0.3) is 10.2 Å². The molecule has 3 aromatic rings. The van der Waals surface area contributed by atoms with Crippen molar-refractivity contribution in [2.45, 2.75) is 39.2 Å². The van der Waals surface area contributed by atoms with Crippen LogP contribution in [0, 0.1) is 5.92 Å². The minimum absolute atomic E-state index is 0.165. The number of aryl methyl sites for hydroxylation is 1.